The standard InChI is InChI=1S/C65H124O6/c1-4-7-10-13-16-19-22-25-28-31-33-35-37-40-43-46-49-52-55-58-64(67)70-61-62(60-69-63(66)57-54-51-48-45-42-39-36-30-27-24-21-18-15-12-9-6-3)71-65(68)59-56-53-50-47-44-41-38-34-32-29-26-23-20-17-14-11-8-5-2/h29,32,62H,4-28,30-31,33-61H2,1-3H3/b32-29-. The molecule has 0 amide bonds. The molecule has 0 fully saturated rings. The van der Waals surface area contributed by atoms with Crippen LogP contribution in [0.2, 0.25) is 0 Å². The van der Waals surface area contributed by atoms with E-state index in [0.717, 1.165) is 57.8 Å². The van der Waals surface area contributed by atoms with Crippen molar-refractivity contribution in [3.8, 4) is 0 Å². The van der Waals surface area contributed by atoms with Gasteiger partial charge < -0.3 is 14.2 Å². The Kier molecular flexibility index (Phi) is 59.1. The topological polar surface area (TPSA) is 78.9 Å². The highest BCUT2D eigenvalue weighted by Gasteiger charge is 2.19. The van der Waals surface area contributed by atoms with E-state index >= 15 is 0 Å². The molecule has 0 saturated heterocycles. The van der Waals surface area contributed by atoms with Crippen molar-refractivity contribution in [2.75, 3.05) is 13.2 Å². The van der Waals surface area contributed by atoms with Gasteiger partial charge in [-0.15, -0.1) is 0 Å². The largest absolute Gasteiger partial charge is 0.462 e. The lowest BCUT2D eigenvalue weighted by atomic mass is 10.0. The van der Waals surface area contributed by atoms with E-state index in [0.29, 0.717) is 19.3 Å². The normalized spacial score (nSPS) is 12.0. The summed E-state index contributed by atoms with van der Waals surface area (Å²) in [5, 5.41) is 0. The molecule has 0 aliphatic rings. The van der Waals surface area contributed by atoms with Gasteiger partial charge in [-0.3, -0.25) is 14.4 Å². The van der Waals surface area contributed by atoms with E-state index in [-0.39, 0.29) is 31.1 Å². The van der Waals surface area contributed by atoms with Crippen LogP contribution in [-0.4, -0.2) is 37.2 Å². The summed E-state index contributed by atoms with van der Waals surface area (Å²) in [5.41, 5.74) is 0. The molecule has 0 bridgehead atoms. The zero-order chi connectivity index (χ0) is 51.4. The minimum atomic E-state index is -0.768. The Morgan fingerprint density at radius 1 is 0.268 bits per heavy atom. The highest BCUT2D eigenvalue weighted by Crippen LogP contribution is 2.18. The van der Waals surface area contributed by atoms with Crippen LogP contribution in [0.5, 0.6) is 0 Å². The number of allylic oxidation sites excluding steroid dienone is 2. The van der Waals surface area contributed by atoms with Crippen molar-refractivity contribution in [2.45, 2.75) is 374 Å². The van der Waals surface area contributed by atoms with Crippen LogP contribution in [0.1, 0.15) is 367 Å². The van der Waals surface area contributed by atoms with Crippen molar-refractivity contribution < 1.29 is 28.6 Å². The number of hydrogen-bond donors (Lipinski definition) is 0. The highest BCUT2D eigenvalue weighted by molar-refractivity contribution is 5.71. The molecule has 0 heterocycles. The maximum Gasteiger partial charge on any atom is 0.306 e. The van der Waals surface area contributed by atoms with Gasteiger partial charge in [0.25, 0.3) is 0 Å². The van der Waals surface area contributed by atoms with Gasteiger partial charge in [-0.1, -0.05) is 315 Å². The monoisotopic (exact) mass is 1000 g/mol. The molecule has 6 nitrogen and oxygen atoms in total. The molecule has 0 spiro atoms. The SMILES string of the molecule is CCCCCCCCC/C=C\CCCCCCCCCC(=O)OC(COC(=O)CCCCCCCCCCCCCCCCCC)COC(=O)CCCCCCCCCCCCCCCCCCCCC. The first kappa shape index (κ1) is 69.2. The molecule has 6 heteroatoms. The van der Waals surface area contributed by atoms with Crippen LogP contribution in [0.4, 0.5) is 0 Å². The molecule has 0 aromatic rings. The predicted octanol–water partition coefficient (Wildman–Crippen LogP) is 21.7. The van der Waals surface area contributed by atoms with Crippen molar-refractivity contribution in [2.24, 2.45) is 0 Å². The van der Waals surface area contributed by atoms with Crippen LogP contribution in [0, 0.1) is 0 Å². The van der Waals surface area contributed by atoms with Crippen molar-refractivity contribution >= 4 is 17.9 Å². The van der Waals surface area contributed by atoms with Gasteiger partial charge in [-0.2, -0.15) is 0 Å². The third kappa shape index (κ3) is 58.9. The van der Waals surface area contributed by atoms with Crippen LogP contribution < -0.4 is 0 Å². The number of carbonyl (C=O) groups is 3. The maximum absolute atomic E-state index is 12.9. The minimum Gasteiger partial charge on any atom is -0.462 e. The van der Waals surface area contributed by atoms with E-state index in [1.54, 1.807) is 0 Å². The van der Waals surface area contributed by atoms with Crippen molar-refractivity contribution in [1.29, 1.82) is 0 Å². The first-order valence-corrected chi connectivity index (χ1v) is 32.2. The number of esters is 3. The predicted molar refractivity (Wildman–Crippen MR) is 307 cm³/mol. The van der Waals surface area contributed by atoms with Crippen molar-refractivity contribution in [3.63, 3.8) is 0 Å². The summed E-state index contributed by atoms with van der Waals surface area (Å²) in [5.74, 6) is -0.838. The lowest BCUT2D eigenvalue weighted by Crippen LogP contribution is -2.30. The molecule has 0 saturated carbocycles. The van der Waals surface area contributed by atoms with Gasteiger partial charge in [0.05, 0.1) is 0 Å². The molecule has 0 radical (unpaired) electrons. The van der Waals surface area contributed by atoms with E-state index in [2.05, 4.69) is 32.9 Å². The summed E-state index contributed by atoms with van der Waals surface area (Å²) in [6, 6.07) is 0. The van der Waals surface area contributed by atoms with Gasteiger partial charge in [0.15, 0.2) is 6.10 Å². The zero-order valence-corrected chi connectivity index (χ0v) is 48.3. The van der Waals surface area contributed by atoms with Gasteiger partial charge >= 0.3 is 17.9 Å². The highest BCUT2D eigenvalue weighted by atomic mass is 16.6. The average Bonchev–Trinajstić information content (AvgIpc) is 3.37. The molecular formula is C65H124O6. The molecule has 0 rings (SSSR count). The number of carbonyl (C=O) groups excluding carboxylic acids is 3. The van der Waals surface area contributed by atoms with Crippen LogP contribution in [0.25, 0.3) is 0 Å². The Balaban J connectivity index is 4.30. The second-order valence-corrected chi connectivity index (χ2v) is 22.0. The second kappa shape index (κ2) is 60.7. The first-order chi connectivity index (χ1) is 35.0. The summed E-state index contributed by atoms with van der Waals surface area (Å²) in [6.45, 7) is 6.72. The van der Waals surface area contributed by atoms with E-state index in [1.165, 1.54) is 270 Å². The molecule has 1 unspecified atom stereocenters. The number of unbranched alkanes of at least 4 members (excludes halogenated alkanes) is 47. The van der Waals surface area contributed by atoms with Crippen LogP contribution in [-0.2, 0) is 28.6 Å². The molecule has 71 heavy (non-hydrogen) atoms. The minimum absolute atomic E-state index is 0.0651. The smallest absolute Gasteiger partial charge is 0.306 e. The van der Waals surface area contributed by atoms with Gasteiger partial charge in [-0.25, -0.2) is 0 Å². The lowest BCUT2D eigenvalue weighted by molar-refractivity contribution is -0.167. The van der Waals surface area contributed by atoms with E-state index in [9.17, 15) is 14.4 Å². The molecule has 0 aliphatic heterocycles. The molecular weight excluding hydrogens is 877 g/mol. The van der Waals surface area contributed by atoms with Crippen molar-refractivity contribution in [1.82, 2.24) is 0 Å². The Morgan fingerprint density at radius 3 is 0.704 bits per heavy atom. The van der Waals surface area contributed by atoms with Crippen LogP contribution in [0.3, 0.4) is 0 Å². The first-order valence-electron chi connectivity index (χ1n) is 32.2. The third-order valence-corrected chi connectivity index (χ3v) is 14.8. The van der Waals surface area contributed by atoms with Crippen molar-refractivity contribution in [3.05, 3.63) is 12.2 Å². The van der Waals surface area contributed by atoms with E-state index < -0.39 is 6.10 Å². The van der Waals surface area contributed by atoms with E-state index in [4.69, 9.17) is 14.2 Å². The number of hydrogen-bond acceptors (Lipinski definition) is 6. The summed E-state index contributed by atoms with van der Waals surface area (Å²) in [4.78, 5) is 38.3. The fourth-order valence-corrected chi connectivity index (χ4v) is 9.91. The Labute approximate surface area is 443 Å². The molecule has 0 aliphatic carbocycles. The van der Waals surface area contributed by atoms with Gasteiger partial charge in [0.1, 0.15) is 13.2 Å². The summed E-state index contributed by atoms with van der Waals surface area (Å²) < 4.78 is 17.0. The third-order valence-electron chi connectivity index (χ3n) is 14.8. The molecule has 0 aromatic heterocycles. The number of rotatable bonds is 60. The van der Waals surface area contributed by atoms with Gasteiger partial charge in [0.2, 0.25) is 0 Å². The number of ether oxygens (including phenoxy) is 3. The van der Waals surface area contributed by atoms with Gasteiger partial charge in [-0.05, 0) is 44.9 Å². The molecule has 0 N–H and O–H groups in total. The second-order valence-electron chi connectivity index (χ2n) is 22.0. The van der Waals surface area contributed by atoms with Gasteiger partial charge in [0, 0.05) is 19.3 Å². The Morgan fingerprint density at radius 2 is 0.465 bits per heavy atom. The summed E-state index contributed by atoms with van der Waals surface area (Å²) in [6.07, 6.45) is 70.7. The Bertz CT molecular complexity index is 1100. The molecule has 1 atom stereocenters. The zero-order valence-electron chi connectivity index (χ0n) is 48.3. The summed E-state index contributed by atoms with van der Waals surface area (Å²) >= 11 is 0. The molecule has 0 aromatic carbocycles. The lowest BCUT2D eigenvalue weighted by Gasteiger charge is -2.18. The van der Waals surface area contributed by atoms with Crippen LogP contribution >= 0.6 is 0 Å². The van der Waals surface area contributed by atoms with Crippen LogP contribution in [0.15, 0.2) is 12.2 Å². The summed E-state index contributed by atoms with van der Waals surface area (Å²) in [7, 11) is 0. The fourth-order valence-electron chi connectivity index (χ4n) is 9.91. The fraction of sp³-hybridized carbons (Fsp3) is 0.923. The Hall–Kier alpha value is -1.85. The molecule has 420 valence electrons. The maximum atomic E-state index is 12.9. The van der Waals surface area contributed by atoms with E-state index in [1.807, 2.05) is 0 Å². The quantitative estimate of drug-likeness (QED) is 0.0261. The average molecular weight is 1000 g/mol.